The molecule has 5 nitrogen and oxygen atoms in total. The first-order valence-corrected chi connectivity index (χ1v) is 11.1. The van der Waals surface area contributed by atoms with Crippen molar-refractivity contribution in [3.8, 4) is 0 Å². The molecule has 3 aromatic rings. The minimum absolute atomic E-state index is 0.00711. The number of amides is 2. The minimum Gasteiger partial charge on any atom is -0.326 e. The molecule has 1 unspecified atom stereocenters. The third kappa shape index (κ3) is 7.72. The molecule has 2 amide bonds. The van der Waals surface area contributed by atoms with Crippen LogP contribution >= 0.6 is 0 Å². The Morgan fingerprint density at radius 2 is 1.24 bits per heavy atom. The third-order valence-electron chi connectivity index (χ3n) is 5.35. The quantitative estimate of drug-likeness (QED) is 0.466. The Morgan fingerprint density at radius 3 is 1.82 bits per heavy atom. The molecule has 0 aromatic heterocycles. The highest BCUT2D eigenvalue weighted by atomic mass is 16.2. The van der Waals surface area contributed by atoms with E-state index in [1.807, 2.05) is 81.4 Å². The van der Waals surface area contributed by atoms with Crippen LogP contribution in [0.15, 0.2) is 72.8 Å². The van der Waals surface area contributed by atoms with Gasteiger partial charge in [-0.1, -0.05) is 54.1 Å². The molecule has 3 aromatic carbocycles. The SMILES string of the molecule is Cc1cccc(CC(=O)CC(CC(=O)Nc2cccc(C)c2)C(=O)Nc2cccc(C)c2)c1. The highest BCUT2D eigenvalue weighted by Crippen LogP contribution is 2.19. The fraction of sp³-hybridized carbons (Fsp3) is 0.250. The lowest BCUT2D eigenvalue weighted by atomic mass is 9.93. The Labute approximate surface area is 195 Å². The molecule has 0 aliphatic carbocycles. The Balaban J connectivity index is 1.71. The summed E-state index contributed by atoms with van der Waals surface area (Å²) in [7, 11) is 0. The van der Waals surface area contributed by atoms with Gasteiger partial charge >= 0.3 is 0 Å². The van der Waals surface area contributed by atoms with Gasteiger partial charge < -0.3 is 10.6 Å². The third-order valence-corrected chi connectivity index (χ3v) is 5.35. The Bertz CT molecular complexity index is 1090. The highest BCUT2D eigenvalue weighted by Gasteiger charge is 2.25. The van der Waals surface area contributed by atoms with Gasteiger partial charge in [-0.2, -0.15) is 0 Å². The number of Topliss-reactive ketones (excluding diaryl/α,β-unsaturated/α-hetero) is 1. The number of hydrogen-bond donors (Lipinski definition) is 2. The van der Waals surface area contributed by atoms with Crippen molar-refractivity contribution in [2.75, 3.05) is 10.6 Å². The molecule has 0 aliphatic rings. The minimum atomic E-state index is -0.771. The van der Waals surface area contributed by atoms with Crippen molar-refractivity contribution in [2.24, 2.45) is 5.92 Å². The number of hydrogen-bond acceptors (Lipinski definition) is 3. The van der Waals surface area contributed by atoms with E-state index < -0.39 is 5.92 Å². The summed E-state index contributed by atoms with van der Waals surface area (Å²) in [5.74, 6) is -1.48. The highest BCUT2D eigenvalue weighted by molar-refractivity contribution is 6.00. The fourth-order valence-electron chi connectivity index (χ4n) is 3.78. The maximum atomic E-state index is 13.1. The van der Waals surface area contributed by atoms with E-state index in [4.69, 9.17) is 0 Å². The number of carbonyl (C=O) groups is 3. The zero-order valence-corrected chi connectivity index (χ0v) is 19.4. The van der Waals surface area contributed by atoms with E-state index in [1.165, 1.54) is 0 Å². The monoisotopic (exact) mass is 442 g/mol. The second-order valence-electron chi connectivity index (χ2n) is 8.59. The van der Waals surface area contributed by atoms with Crippen LogP contribution in [0.5, 0.6) is 0 Å². The van der Waals surface area contributed by atoms with Crippen molar-refractivity contribution in [1.82, 2.24) is 0 Å². The van der Waals surface area contributed by atoms with E-state index in [0.717, 1.165) is 22.3 Å². The lowest BCUT2D eigenvalue weighted by Gasteiger charge is -2.17. The number of carbonyl (C=O) groups excluding carboxylic acids is 3. The maximum Gasteiger partial charge on any atom is 0.228 e. The Kier molecular flexibility index (Phi) is 8.14. The summed E-state index contributed by atoms with van der Waals surface area (Å²) in [6.07, 6.45) is 0.146. The fourth-order valence-corrected chi connectivity index (χ4v) is 3.78. The zero-order valence-electron chi connectivity index (χ0n) is 19.4. The van der Waals surface area contributed by atoms with E-state index in [1.54, 1.807) is 12.1 Å². The number of aryl methyl sites for hydroxylation is 3. The molecule has 1 atom stereocenters. The first kappa shape index (κ1) is 23.9. The van der Waals surface area contributed by atoms with E-state index in [9.17, 15) is 14.4 Å². The molecule has 0 radical (unpaired) electrons. The molecule has 0 fully saturated rings. The van der Waals surface area contributed by atoms with Crippen LogP contribution < -0.4 is 10.6 Å². The molecule has 0 bridgehead atoms. The second-order valence-corrected chi connectivity index (χ2v) is 8.59. The molecule has 0 saturated carbocycles. The number of anilines is 2. The summed E-state index contributed by atoms with van der Waals surface area (Å²) in [5.41, 5.74) is 5.33. The van der Waals surface area contributed by atoms with E-state index in [-0.39, 0.29) is 36.9 Å². The first-order chi connectivity index (χ1) is 15.8. The molecule has 3 rings (SSSR count). The average molecular weight is 443 g/mol. The van der Waals surface area contributed by atoms with Crippen LogP contribution in [0, 0.1) is 26.7 Å². The second kappa shape index (κ2) is 11.2. The number of nitrogens with one attached hydrogen (secondary N) is 2. The van der Waals surface area contributed by atoms with Crippen LogP contribution in [0.25, 0.3) is 0 Å². The van der Waals surface area contributed by atoms with Crippen LogP contribution in [0.1, 0.15) is 35.1 Å². The molecule has 0 heterocycles. The van der Waals surface area contributed by atoms with Gasteiger partial charge in [0.2, 0.25) is 11.8 Å². The Morgan fingerprint density at radius 1 is 0.697 bits per heavy atom. The standard InChI is InChI=1S/C28H30N2O3/c1-19-7-4-10-22(13-19)16-26(31)17-23(28(33)30-25-12-6-9-21(3)15-25)18-27(32)29-24-11-5-8-20(2)14-24/h4-15,23H,16-18H2,1-3H3,(H,29,32)(H,30,33). The predicted molar refractivity (Wildman–Crippen MR) is 132 cm³/mol. The molecule has 33 heavy (non-hydrogen) atoms. The van der Waals surface area contributed by atoms with Crippen LogP contribution in [0.2, 0.25) is 0 Å². The van der Waals surface area contributed by atoms with Crippen molar-refractivity contribution in [3.05, 3.63) is 95.1 Å². The van der Waals surface area contributed by atoms with Gasteiger partial charge in [0.1, 0.15) is 5.78 Å². The summed E-state index contributed by atoms with van der Waals surface area (Å²) >= 11 is 0. The number of rotatable bonds is 9. The van der Waals surface area contributed by atoms with Gasteiger partial charge in [-0.15, -0.1) is 0 Å². The summed E-state index contributed by atoms with van der Waals surface area (Å²) < 4.78 is 0. The van der Waals surface area contributed by atoms with Crippen molar-refractivity contribution in [3.63, 3.8) is 0 Å². The molecule has 2 N–H and O–H groups in total. The molecule has 0 aliphatic heterocycles. The topological polar surface area (TPSA) is 75.3 Å². The Hall–Kier alpha value is -3.73. The summed E-state index contributed by atoms with van der Waals surface area (Å²) in [4.78, 5) is 38.6. The van der Waals surface area contributed by atoms with Gasteiger partial charge in [0.05, 0.1) is 5.92 Å². The van der Waals surface area contributed by atoms with Gasteiger partial charge in [-0.25, -0.2) is 0 Å². The van der Waals surface area contributed by atoms with Crippen molar-refractivity contribution >= 4 is 29.0 Å². The van der Waals surface area contributed by atoms with Gasteiger partial charge in [-0.05, 0) is 61.7 Å². The van der Waals surface area contributed by atoms with E-state index in [2.05, 4.69) is 10.6 Å². The molecular formula is C28H30N2O3. The molecular weight excluding hydrogens is 412 g/mol. The smallest absolute Gasteiger partial charge is 0.228 e. The maximum absolute atomic E-state index is 13.1. The van der Waals surface area contributed by atoms with Crippen LogP contribution in [-0.2, 0) is 20.8 Å². The van der Waals surface area contributed by atoms with Crippen molar-refractivity contribution in [1.29, 1.82) is 0 Å². The van der Waals surface area contributed by atoms with Gasteiger partial charge in [0, 0.05) is 30.6 Å². The normalized spacial score (nSPS) is 11.5. The van der Waals surface area contributed by atoms with E-state index >= 15 is 0 Å². The largest absolute Gasteiger partial charge is 0.326 e. The van der Waals surface area contributed by atoms with Crippen molar-refractivity contribution in [2.45, 2.75) is 40.0 Å². The average Bonchev–Trinajstić information content (AvgIpc) is 2.73. The van der Waals surface area contributed by atoms with Crippen LogP contribution in [0.3, 0.4) is 0 Å². The predicted octanol–water partition coefficient (Wildman–Crippen LogP) is 5.40. The molecule has 0 spiro atoms. The molecule has 170 valence electrons. The van der Waals surface area contributed by atoms with E-state index in [0.29, 0.717) is 11.4 Å². The zero-order chi connectivity index (χ0) is 23.8. The van der Waals surface area contributed by atoms with Crippen LogP contribution in [0.4, 0.5) is 11.4 Å². The molecule has 5 heteroatoms. The first-order valence-electron chi connectivity index (χ1n) is 11.1. The summed E-state index contributed by atoms with van der Waals surface area (Å²) in [6, 6.07) is 22.7. The van der Waals surface area contributed by atoms with Gasteiger partial charge in [0.15, 0.2) is 0 Å². The lowest BCUT2D eigenvalue weighted by Crippen LogP contribution is -2.29. The van der Waals surface area contributed by atoms with Gasteiger partial charge in [-0.3, -0.25) is 14.4 Å². The molecule has 0 saturated heterocycles. The number of benzene rings is 3. The number of ketones is 1. The van der Waals surface area contributed by atoms with Crippen molar-refractivity contribution < 1.29 is 14.4 Å². The summed E-state index contributed by atoms with van der Waals surface area (Å²) in [6.45, 7) is 5.85. The lowest BCUT2D eigenvalue weighted by molar-refractivity contribution is -0.128. The van der Waals surface area contributed by atoms with Crippen LogP contribution in [-0.4, -0.2) is 17.6 Å². The summed E-state index contributed by atoms with van der Waals surface area (Å²) in [5, 5.41) is 5.71. The van der Waals surface area contributed by atoms with Gasteiger partial charge in [0.25, 0.3) is 0 Å².